The van der Waals surface area contributed by atoms with E-state index in [0.29, 0.717) is 24.2 Å². The number of ether oxygens (including phenoxy) is 1. The summed E-state index contributed by atoms with van der Waals surface area (Å²) in [4.78, 5) is 12.3. The molecule has 1 aliphatic heterocycles. The Kier molecular flexibility index (Phi) is 6.10. The lowest BCUT2D eigenvalue weighted by atomic mass is 10.0. The first-order valence-corrected chi connectivity index (χ1v) is 8.94. The van der Waals surface area contributed by atoms with E-state index >= 15 is 0 Å². The van der Waals surface area contributed by atoms with E-state index in [2.05, 4.69) is 15.4 Å². The van der Waals surface area contributed by atoms with Crippen LogP contribution in [-0.2, 0) is 4.79 Å². The fourth-order valence-corrected chi connectivity index (χ4v) is 3.30. The summed E-state index contributed by atoms with van der Waals surface area (Å²) in [7, 11) is 0. The average molecular weight is 417 g/mol. The molecule has 1 saturated heterocycles. The van der Waals surface area contributed by atoms with Gasteiger partial charge in [-0.25, -0.2) is 4.39 Å². The molecule has 28 heavy (non-hydrogen) atoms. The summed E-state index contributed by atoms with van der Waals surface area (Å²) in [5.74, 6) is -0.777. The molecule has 1 heterocycles. The maximum Gasteiger partial charge on any atom is 0.573 e. The number of carbonyl (C=O) groups excluding carboxylic acids is 1. The minimum absolute atomic E-state index is 0.0831. The second-order valence-corrected chi connectivity index (χ2v) is 6.76. The third-order valence-electron chi connectivity index (χ3n) is 4.30. The van der Waals surface area contributed by atoms with Gasteiger partial charge in [0.25, 0.3) is 0 Å². The van der Waals surface area contributed by atoms with Crippen molar-refractivity contribution in [2.75, 3.05) is 11.9 Å². The third kappa shape index (κ3) is 5.14. The van der Waals surface area contributed by atoms with Crippen molar-refractivity contribution < 1.29 is 27.1 Å². The van der Waals surface area contributed by atoms with Crippen LogP contribution in [0.25, 0.3) is 11.1 Å². The monoisotopic (exact) mass is 416 g/mol. The lowest BCUT2D eigenvalue weighted by Gasteiger charge is -2.25. The molecule has 1 aliphatic rings. The fourth-order valence-electron chi connectivity index (χ4n) is 3.01. The van der Waals surface area contributed by atoms with Crippen LogP contribution in [0.4, 0.5) is 23.2 Å². The Morgan fingerprint density at radius 3 is 2.61 bits per heavy atom. The highest BCUT2D eigenvalue weighted by Crippen LogP contribution is 2.38. The summed E-state index contributed by atoms with van der Waals surface area (Å²) in [6.45, 7) is 0.412. The van der Waals surface area contributed by atoms with Crippen molar-refractivity contribution in [2.24, 2.45) is 0 Å². The standard InChI is InChI=1S/C19H17ClF4N2O2/c20-15-10-12(26-18(27)16-9-11(21)7-8-25-16)5-6-13(15)14-3-1-2-4-17(14)28-19(22,23)24/h1-6,10-11,16,25H,7-9H2,(H,26,27)/t11-,16-/m1/s1. The van der Waals surface area contributed by atoms with Crippen LogP contribution in [0.15, 0.2) is 42.5 Å². The van der Waals surface area contributed by atoms with Gasteiger partial charge in [0, 0.05) is 23.2 Å². The number of alkyl halides is 4. The summed E-state index contributed by atoms with van der Waals surface area (Å²) in [5.41, 5.74) is 0.840. The van der Waals surface area contributed by atoms with Gasteiger partial charge in [0.1, 0.15) is 11.9 Å². The Bertz CT molecular complexity index is 860. The van der Waals surface area contributed by atoms with Crippen molar-refractivity contribution in [1.82, 2.24) is 5.32 Å². The first-order chi connectivity index (χ1) is 13.2. The summed E-state index contributed by atoms with van der Waals surface area (Å²) in [5, 5.41) is 5.72. The largest absolute Gasteiger partial charge is 0.573 e. The van der Waals surface area contributed by atoms with E-state index in [1.807, 2.05) is 0 Å². The molecule has 0 saturated carbocycles. The van der Waals surface area contributed by atoms with Gasteiger partial charge in [-0.1, -0.05) is 35.9 Å². The maximum atomic E-state index is 13.5. The summed E-state index contributed by atoms with van der Waals surface area (Å²) in [6.07, 6.45) is -5.42. The van der Waals surface area contributed by atoms with E-state index in [-0.39, 0.29) is 22.8 Å². The molecule has 0 unspecified atom stereocenters. The van der Waals surface area contributed by atoms with Crippen LogP contribution in [0.5, 0.6) is 5.75 Å². The minimum atomic E-state index is -4.84. The van der Waals surface area contributed by atoms with Crippen LogP contribution in [0.2, 0.25) is 5.02 Å². The summed E-state index contributed by atoms with van der Waals surface area (Å²) in [6, 6.07) is 9.40. The van der Waals surface area contributed by atoms with E-state index in [1.54, 1.807) is 6.07 Å². The van der Waals surface area contributed by atoms with Gasteiger partial charge in [-0.2, -0.15) is 0 Å². The molecule has 2 aromatic carbocycles. The van der Waals surface area contributed by atoms with Crippen LogP contribution >= 0.6 is 11.6 Å². The molecule has 0 radical (unpaired) electrons. The molecule has 2 aromatic rings. The third-order valence-corrected chi connectivity index (χ3v) is 4.61. The SMILES string of the molecule is O=C(Nc1ccc(-c2ccccc2OC(F)(F)F)c(Cl)c1)[C@H]1C[C@H](F)CCN1. The highest BCUT2D eigenvalue weighted by atomic mass is 35.5. The minimum Gasteiger partial charge on any atom is -0.405 e. The Morgan fingerprint density at radius 2 is 1.93 bits per heavy atom. The van der Waals surface area contributed by atoms with Gasteiger partial charge in [-0.05, 0) is 31.2 Å². The summed E-state index contributed by atoms with van der Waals surface area (Å²) >= 11 is 6.24. The normalized spacial score (nSPS) is 19.9. The molecule has 0 aliphatic carbocycles. The zero-order valence-corrected chi connectivity index (χ0v) is 15.3. The van der Waals surface area contributed by atoms with Crippen molar-refractivity contribution in [3.05, 3.63) is 47.5 Å². The van der Waals surface area contributed by atoms with Gasteiger partial charge in [-0.3, -0.25) is 4.79 Å². The van der Waals surface area contributed by atoms with Crippen LogP contribution in [-0.4, -0.2) is 31.0 Å². The maximum absolute atomic E-state index is 13.5. The molecule has 4 nitrogen and oxygen atoms in total. The quantitative estimate of drug-likeness (QED) is 0.694. The first kappa shape index (κ1) is 20.4. The Hall–Kier alpha value is -2.32. The number of hydrogen-bond acceptors (Lipinski definition) is 3. The average Bonchev–Trinajstić information content (AvgIpc) is 2.61. The molecule has 2 atom stereocenters. The number of benzene rings is 2. The van der Waals surface area contributed by atoms with Crippen molar-refractivity contribution >= 4 is 23.2 Å². The van der Waals surface area contributed by atoms with Gasteiger partial charge < -0.3 is 15.4 Å². The molecule has 9 heteroatoms. The van der Waals surface area contributed by atoms with E-state index in [9.17, 15) is 22.4 Å². The highest BCUT2D eigenvalue weighted by Gasteiger charge is 2.32. The molecular weight excluding hydrogens is 400 g/mol. The molecule has 0 bridgehead atoms. The number of nitrogens with one attached hydrogen (secondary N) is 2. The zero-order chi connectivity index (χ0) is 20.3. The lowest BCUT2D eigenvalue weighted by molar-refractivity contribution is -0.274. The van der Waals surface area contributed by atoms with Crippen LogP contribution < -0.4 is 15.4 Å². The predicted octanol–water partition coefficient (Wildman–Crippen LogP) is 4.93. The molecule has 150 valence electrons. The van der Waals surface area contributed by atoms with Gasteiger partial charge >= 0.3 is 6.36 Å². The number of piperidine rings is 1. The highest BCUT2D eigenvalue weighted by molar-refractivity contribution is 6.33. The van der Waals surface area contributed by atoms with Gasteiger partial charge in [0.2, 0.25) is 5.91 Å². The van der Waals surface area contributed by atoms with E-state index in [1.165, 1.54) is 36.4 Å². The van der Waals surface area contributed by atoms with Gasteiger partial charge in [0.05, 0.1) is 11.1 Å². The number of para-hydroxylation sites is 1. The Labute approximate surface area is 163 Å². The van der Waals surface area contributed by atoms with Crippen molar-refractivity contribution in [1.29, 1.82) is 0 Å². The number of hydrogen-bond donors (Lipinski definition) is 2. The van der Waals surface area contributed by atoms with Crippen LogP contribution in [0.3, 0.4) is 0 Å². The number of carbonyl (C=O) groups is 1. The predicted molar refractivity (Wildman–Crippen MR) is 98.1 cm³/mol. The van der Waals surface area contributed by atoms with Gasteiger partial charge in [-0.15, -0.1) is 13.2 Å². The second-order valence-electron chi connectivity index (χ2n) is 6.36. The van der Waals surface area contributed by atoms with Crippen molar-refractivity contribution in [2.45, 2.75) is 31.4 Å². The topological polar surface area (TPSA) is 50.4 Å². The van der Waals surface area contributed by atoms with Gasteiger partial charge in [0.15, 0.2) is 0 Å². The van der Waals surface area contributed by atoms with E-state index in [0.717, 1.165) is 0 Å². The molecule has 1 fully saturated rings. The van der Waals surface area contributed by atoms with Crippen LogP contribution in [0, 0.1) is 0 Å². The van der Waals surface area contributed by atoms with Crippen molar-refractivity contribution in [3.63, 3.8) is 0 Å². The number of rotatable bonds is 4. The number of halogens is 5. The second kappa shape index (κ2) is 8.36. The number of anilines is 1. The Morgan fingerprint density at radius 1 is 1.18 bits per heavy atom. The smallest absolute Gasteiger partial charge is 0.405 e. The first-order valence-electron chi connectivity index (χ1n) is 8.56. The number of amides is 1. The fraction of sp³-hybridized carbons (Fsp3) is 0.316. The van der Waals surface area contributed by atoms with E-state index in [4.69, 9.17) is 11.6 Å². The molecule has 2 N–H and O–H groups in total. The molecule has 0 aromatic heterocycles. The molecule has 0 spiro atoms. The van der Waals surface area contributed by atoms with E-state index < -0.39 is 24.5 Å². The molecule has 1 amide bonds. The summed E-state index contributed by atoms with van der Waals surface area (Å²) < 4.78 is 55.4. The Balaban J connectivity index is 1.79. The lowest BCUT2D eigenvalue weighted by Crippen LogP contribution is -2.46. The zero-order valence-electron chi connectivity index (χ0n) is 14.5. The van der Waals surface area contributed by atoms with Crippen LogP contribution in [0.1, 0.15) is 12.8 Å². The van der Waals surface area contributed by atoms with Crippen molar-refractivity contribution in [3.8, 4) is 16.9 Å². The molecular formula is C19H17ClF4N2O2. The molecule has 3 rings (SSSR count).